The third-order valence-electron chi connectivity index (χ3n) is 15.3. The Hall–Kier alpha value is -6.27. The van der Waals surface area contributed by atoms with E-state index in [0.29, 0.717) is 21.6 Å². The Labute approximate surface area is 373 Å². The van der Waals surface area contributed by atoms with Crippen molar-refractivity contribution < 1.29 is 8.42 Å². The Kier molecular flexibility index (Phi) is 8.36. The smallest absolute Gasteiger partial charge is 0.207 e. The number of nitrogens with zero attached hydrogens (tertiary/aromatic N) is 1. The van der Waals surface area contributed by atoms with Crippen LogP contribution in [-0.2, 0) is 15.3 Å². The molecule has 63 heavy (non-hydrogen) atoms. The highest BCUT2D eigenvalue weighted by Gasteiger charge is 2.62. The molecule has 5 heteroatoms. The molecule has 8 aromatic carbocycles. The monoisotopic (exact) mass is 851 g/mol. The van der Waals surface area contributed by atoms with Crippen molar-refractivity contribution >= 4 is 58.4 Å². The van der Waals surface area contributed by atoms with Gasteiger partial charge in [-0.25, -0.2) is 8.42 Å². The molecule has 0 amide bonds. The molecule has 0 saturated heterocycles. The first-order chi connectivity index (χ1) is 31.0. The van der Waals surface area contributed by atoms with Crippen LogP contribution in [0.25, 0.3) is 53.6 Å². The van der Waals surface area contributed by atoms with E-state index in [9.17, 15) is 8.42 Å². The van der Waals surface area contributed by atoms with Gasteiger partial charge in [0, 0.05) is 42.5 Å². The average Bonchev–Trinajstić information content (AvgIpc) is 3.71. The molecule has 4 saturated carbocycles. The van der Waals surface area contributed by atoms with E-state index in [0.717, 1.165) is 56.7 Å². The van der Waals surface area contributed by atoms with E-state index in [-0.39, 0.29) is 5.41 Å². The molecule has 306 valence electrons. The van der Waals surface area contributed by atoms with Crippen molar-refractivity contribution in [2.75, 3.05) is 4.90 Å². The molecule has 4 bridgehead atoms. The Bertz CT molecular complexity index is 3360. The highest BCUT2D eigenvalue weighted by atomic mass is 32.2. The summed E-state index contributed by atoms with van der Waals surface area (Å²) < 4.78 is 32.2. The molecule has 0 atom stereocenters. The third kappa shape index (κ3) is 5.52. The molecule has 5 aliphatic rings. The summed E-state index contributed by atoms with van der Waals surface area (Å²) in [6, 6.07) is 66.8. The predicted molar refractivity (Wildman–Crippen MR) is 260 cm³/mol. The second-order valence-corrected chi connectivity index (χ2v) is 21.4. The Morgan fingerprint density at radius 3 is 1.84 bits per heavy atom. The zero-order chi connectivity index (χ0) is 41.9. The SMILES string of the molecule is O=S1(=O)c2ccccc2C2(c3cc(N(c4ccc(-c5ccccc5-c5cccc6sc7ccccc7c56)cc4)c4ccccc4-c4ccccc4)ccc31)C1CC3CC(C1)CC2C3. The lowest BCUT2D eigenvalue weighted by Crippen LogP contribution is -2.57. The lowest BCUT2D eigenvalue weighted by molar-refractivity contribution is -0.0446. The fourth-order valence-corrected chi connectivity index (χ4v) is 16.0. The van der Waals surface area contributed by atoms with Crippen LogP contribution in [-0.4, -0.2) is 8.42 Å². The number of anilines is 3. The van der Waals surface area contributed by atoms with E-state index in [1.54, 1.807) is 0 Å². The van der Waals surface area contributed by atoms with Gasteiger partial charge in [0.1, 0.15) is 0 Å². The lowest BCUT2D eigenvalue weighted by atomic mass is 9.42. The fraction of sp³-hybridized carbons (Fsp3) is 0.172. The summed E-state index contributed by atoms with van der Waals surface area (Å²) in [7, 11) is -3.74. The van der Waals surface area contributed by atoms with Crippen molar-refractivity contribution in [3.8, 4) is 33.4 Å². The average molecular weight is 852 g/mol. The van der Waals surface area contributed by atoms with Crippen molar-refractivity contribution in [2.45, 2.75) is 47.3 Å². The van der Waals surface area contributed by atoms with Crippen LogP contribution < -0.4 is 4.90 Å². The molecule has 1 spiro atoms. The molecule has 3 nitrogen and oxygen atoms in total. The van der Waals surface area contributed by atoms with Crippen LogP contribution in [0.15, 0.2) is 198 Å². The summed E-state index contributed by atoms with van der Waals surface area (Å²) in [5.74, 6) is 2.32. The molecule has 9 aromatic rings. The molecule has 4 fully saturated rings. The van der Waals surface area contributed by atoms with E-state index in [4.69, 9.17) is 0 Å². The summed E-state index contributed by atoms with van der Waals surface area (Å²) in [6.07, 6.45) is 6.02. The predicted octanol–water partition coefficient (Wildman–Crippen LogP) is 15.4. The number of para-hydroxylation sites is 1. The van der Waals surface area contributed by atoms with Gasteiger partial charge in [0.2, 0.25) is 9.84 Å². The molecule has 1 aromatic heterocycles. The van der Waals surface area contributed by atoms with Gasteiger partial charge in [0.15, 0.2) is 0 Å². The minimum absolute atomic E-state index is 0.338. The van der Waals surface area contributed by atoms with Gasteiger partial charge in [0.25, 0.3) is 0 Å². The molecule has 1 aliphatic heterocycles. The largest absolute Gasteiger partial charge is 0.310 e. The fourth-order valence-electron chi connectivity index (χ4n) is 13.0. The van der Waals surface area contributed by atoms with Crippen LogP contribution in [0, 0.1) is 23.7 Å². The molecule has 14 rings (SSSR count). The van der Waals surface area contributed by atoms with Gasteiger partial charge in [0.05, 0.1) is 15.5 Å². The number of hydrogen-bond acceptors (Lipinski definition) is 4. The highest BCUT2D eigenvalue weighted by molar-refractivity contribution is 7.91. The first kappa shape index (κ1) is 37.3. The van der Waals surface area contributed by atoms with Crippen LogP contribution in [0.1, 0.15) is 43.2 Å². The van der Waals surface area contributed by atoms with Crippen LogP contribution in [0.5, 0.6) is 0 Å². The van der Waals surface area contributed by atoms with Gasteiger partial charge in [-0.1, -0.05) is 133 Å². The number of benzene rings is 8. The van der Waals surface area contributed by atoms with E-state index < -0.39 is 9.84 Å². The van der Waals surface area contributed by atoms with Crippen molar-refractivity contribution in [2.24, 2.45) is 23.7 Å². The van der Waals surface area contributed by atoms with E-state index >= 15 is 0 Å². The number of hydrogen-bond donors (Lipinski definition) is 0. The van der Waals surface area contributed by atoms with Gasteiger partial charge < -0.3 is 4.90 Å². The van der Waals surface area contributed by atoms with Crippen LogP contribution in [0.2, 0.25) is 0 Å². The zero-order valence-corrected chi connectivity index (χ0v) is 36.5. The summed E-state index contributed by atoms with van der Waals surface area (Å²) in [6.45, 7) is 0. The molecule has 2 heterocycles. The first-order valence-electron chi connectivity index (χ1n) is 22.5. The Morgan fingerprint density at radius 2 is 1.05 bits per heavy atom. The maximum Gasteiger partial charge on any atom is 0.207 e. The summed E-state index contributed by atoms with van der Waals surface area (Å²) in [5, 5.41) is 2.60. The second-order valence-electron chi connectivity index (χ2n) is 18.4. The van der Waals surface area contributed by atoms with Crippen LogP contribution in [0.4, 0.5) is 17.1 Å². The minimum Gasteiger partial charge on any atom is -0.310 e. The van der Waals surface area contributed by atoms with E-state index in [2.05, 4.69) is 175 Å². The van der Waals surface area contributed by atoms with Gasteiger partial charge in [-0.2, -0.15) is 0 Å². The maximum absolute atomic E-state index is 14.8. The summed E-state index contributed by atoms with van der Waals surface area (Å²) >= 11 is 1.85. The first-order valence-corrected chi connectivity index (χ1v) is 24.8. The summed E-state index contributed by atoms with van der Waals surface area (Å²) in [5.41, 5.74) is 11.8. The van der Waals surface area contributed by atoms with Gasteiger partial charge in [-0.15, -0.1) is 11.3 Å². The third-order valence-corrected chi connectivity index (χ3v) is 18.3. The standard InChI is InChI=1S/C58H45NO2S2/c60-63(61)55-24-11-8-20-50(55)58(41-32-37-31-38(34-41)35-42(58)33-37)51-36-44(29-30-56(51)63)59(52-21-9-6-16-46(52)39-13-2-1-3-14-39)43-27-25-40(26-28-43)45-15-4-5-17-47(45)48-19-12-23-54-57(48)49-18-7-10-22-53(49)62-54/h1-30,36-38,41-42H,31-35H2. The second kappa shape index (κ2) is 14.1. The number of thiophene rings is 1. The van der Waals surface area contributed by atoms with Crippen molar-refractivity contribution in [3.05, 3.63) is 199 Å². The Balaban J connectivity index is 0.999. The maximum atomic E-state index is 14.8. The molecule has 0 unspecified atom stereocenters. The van der Waals surface area contributed by atoms with Crippen molar-refractivity contribution in [1.29, 1.82) is 0 Å². The highest BCUT2D eigenvalue weighted by Crippen LogP contribution is 2.68. The number of sulfone groups is 1. The van der Waals surface area contributed by atoms with Crippen molar-refractivity contribution in [1.82, 2.24) is 0 Å². The molecular weight excluding hydrogens is 807 g/mol. The molecule has 0 radical (unpaired) electrons. The van der Waals surface area contributed by atoms with Crippen LogP contribution >= 0.6 is 11.3 Å². The lowest BCUT2D eigenvalue weighted by Gasteiger charge is -2.63. The number of fused-ring (bicyclic) bond motifs is 5. The number of rotatable bonds is 6. The Morgan fingerprint density at radius 1 is 0.460 bits per heavy atom. The molecular formula is C58H45NO2S2. The normalized spacial score (nSPS) is 22.6. The van der Waals surface area contributed by atoms with Gasteiger partial charge in [-0.05, 0) is 149 Å². The quantitative estimate of drug-likeness (QED) is 0.167. The van der Waals surface area contributed by atoms with Crippen molar-refractivity contribution in [3.63, 3.8) is 0 Å². The minimum atomic E-state index is -3.74. The van der Waals surface area contributed by atoms with E-state index in [1.807, 2.05) is 29.5 Å². The summed E-state index contributed by atoms with van der Waals surface area (Å²) in [4.78, 5) is 3.38. The molecule has 0 N–H and O–H groups in total. The zero-order valence-electron chi connectivity index (χ0n) is 34.8. The van der Waals surface area contributed by atoms with Gasteiger partial charge >= 0.3 is 0 Å². The van der Waals surface area contributed by atoms with Gasteiger partial charge in [-0.3, -0.25) is 0 Å². The molecule has 4 aliphatic carbocycles. The topological polar surface area (TPSA) is 37.4 Å². The van der Waals surface area contributed by atoms with Crippen LogP contribution in [0.3, 0.4) is 0 Å². The van der Waals surface area contributed by atoms with E-state index in [1.165, 1.54) is 69.0 Å².